The molecule has 0 heterocycles. The molecule has 0 aromatic rings. The summed E-state index contributed by atoms with van der Waals surface area (Å²) in [7, 11) is 0. The Balaban J connectivity index is 1.62. The maximum absolute atomic E-state index is 13.0. The van der Waals surface area contributed by atoms with Gasteiger partial charge < -0.3 is 4.90 Å². The predicted octanol–water partition coefficient (Wildman–Crippen LogP) is 4.60. The van der Waals surface area contributed by atoms with E-state index in [0.717, 1.165) is 31.2 Å². The molecule has 0 radical (unpaired) electrons. The zero-order valence-corrected chi connectivity index (χ0v) is 14.0. The number of carbonyl (C=O) groups excluding carboxylic acids is 1. The fourth-order valence-electron chi connectivity index (χ4n) is 5.11. The second kappa shape index (κ2) is 7.35. The zero-order chi connectivity index (χ0) is 14.7. The first kappa shape index (κ1) is 15.6. The maximum Gasteiger partial charge on any atom is 0.225 e. The second-order valence-corrected chi connectivity index (χ2v) is 7.85. The molecule has 0 aliphatic heterocycles. The summed E-state index contributed by atoms with van der Waals surface area (Å²) in [4.78, 5) is 15.2. The number of nitrogens with zero attached hydrogens (tertiary/aromatic N) is 1. The minimum Gasteiger partial charge on any atom is -0.338 e. The van der Waals surface area contributed by atoms with E-state index in [1.165, 1.54) is 57.8 Å². The van der Waals surface area contributed by atoms with Crippen LogP contribution in [-0.4, -0.2) is 29.3 Å². The Labute approximate surface area is 134 Å². The van der Waals surface area contributed by atoms with Crippen molar-refractivity contribution in [3.05, 3.63) is 0 Å². The molecule has 120 valence electrons. The zero-order valence-electron chi connectivity index (χ0n) is 13.2. The summed E-state index contributed by atoms with van der Waals surface area (Å²) in [6, 6.07) is 0.486. The molecule has 0 aromatic heterocycles. The summed E-state index contributed by atoms with van der Waals surface area (Å²) >= 11 is 5.97. The fraction of sp³-hybridized carbons (Fsp3) is 0.944. The molecule has 3 unspecified atom stereocenters. The Hall–Kier alpha value is -0.240. The van der Waals surface area contributed by atoms with Crippen molar-refractivity contribution in [3.8, 4) is 0 Å². The van der Waals surface area contributed by atoms with Gasteiger partial charge in [-0.25, -0.2) is 0 Å². The minimum atomic E-state index is 0.299. The summed E-state index contributed by atoms with van der Waals surface area (Å²) in [6.07, 6.45) is 14.1. The Morgan fingerprint density at radius 2 is 1.57 bits per heavy atom. The van der Waals surface area contributed by atoms with E-state index >= 15 is 0 Å². The molecular weight excluding hydrogens is 282 g/mol. The first-order valence-electron chi connectivity index (χ1n) is 9.16. The molecule has 3 rings (SSSR count). The number of fused-ring (bicyclic) bond motifs is 1. The highest BCUT2D eigenvalue weighted by atomic mass is 35.5. The Morgan fingerprint density at radius 1 is 0.905 bits per heavy atom. The molecule has 0 spiro atoms. The van der Waals surface area contributed by atoms with E-state index in [4.69, 9.17) is 11.6 Å². The number of rotatable bonds is 4. The van der Waals surface area contributed by atoms with Crippen LogP contribution in [-0.2, 0) is 4.79 Å². The van der Waals surface area contributed by atoms with Crippen LogP contribution in [0.1, 0.15) is 70.6 Å². The number of hydrogen-bond donors (Lipinski definition) is 0. The Morgan fingerprint density at radius 3 is 2.29 bits per heavy atom. The number of carbonyl (C=O) groups is 1. The molecular formula is C18H30ClNO. The number of hydrogen-bond acceptors (Lipinski definition) is 1. The molecule has 3 fully saturated rings. The van der Waals surface area contributed by atoms with Gasteiger partial charge in [0, 0.05) is 24.4 Å². The maximum atomic E-state index is 13.0. The van der Waals surface area contributed by atoms with Crippen molar-refractivity contribution in [2.45, 2.75) is 76.7 Å². The van der Waals surface area contributed by atoms with Crippen LogP contribution < -0.4 is 0 Å². The number of halogens is 1. The standard InChI is InChI=1S/C18H30ClNO/c19-11-12-20(17-7-3-4-8-17)18(21)16-10-9-14-5-1-2-6-15(14)13-16/h14-17H,1-13H2. The van der Waals surface area contributed by atoms with Crippen LogP contribution in [0.4, 0.5) is 0 Å². The molecule has 3 saturated carbocycles. The topological polar surface area (TPSA) is 20.3 Å². The lowest BCUT2D eigenvalue weighted by Gasteiger charge is -2.41. The molecule has 1 amide bonds. The summed E-state index contributed by atoms with van der Waals surface area (Å²) in [6.45, 7) is 0.760. The summed E-state index contributed by atoms with van der Waals surface area (Å²) in [5, 5.41) is 0. The van der Waals surface area contributed by atoms with Crippen LogP contribution in [0.25, 0.3) is 0 Å². The molecule has 0 saturated heterocycles. The van der Waals surface area contributed by atoms with Gasteiger partial charge in [-0.1, -0.05) is 38.5 Å². The van der Waals surface area contributed by atoms with E-state index in [1.54, 1.807) is 0 Å². The van der Waals surface area contributed by atoms with E-state index in [2.05, 4.69) is 4.90 Å². The molecule has 0 N–H and O–H groups in total. The number of amides is 1. The van der Waals surface area contributed by atoms with Crippen molar-refractivity contribution in [3.63, 3.8) is 0 Å². The van der Waals surface area contributed by atoms with Crippen LogP contribution in [0.3, 0.4) is 0 Å². The van der Waals surface area contributed by atoms with Gasteiger partial charge in [-0.2, -0.15) is 0 Å². The SMILES string of the molecule is O=C(C1CCC2CCCCC2C1)N(CCCl)C1CCCC1. The van der Waals surface area contributed by atoms with Crippen molar-refractivity contribution >= 4 is 17.5 Å². The van der Waals surface area contributed by atoms with Gasteiger partial charge in [-0.05, 0) is 43.9 Å². The van der Waals surface area contributed by atoms with Crippen LogP contribution in [0, 0.1) is 17.8 Å². The highest BCUT2D eigenvalue weighted by Crippen LogP contribution is 2.43. The van der Waals surface area contributed by atoms with E-state index in [0.29, 0.717) is 23.7 Å². The van der Waals surface area contributed by atoms with Gasteiger partial charge in [-0.3, -0.25) is 4.79 Å². The van der Waals surface area contributed by atoms with Gasteiger partial charge in [0.05, 0.1) is 0 Å². The molecule has 3 atom stereocenters. The quantitative estimate of drug-likeness (QED) is 0.695. The van der Waals surface area contributed by atoms with E-state index in [9.17, 15) is 4.79 Å². The normalized spacial score (nSPS) is 33.7. The van der Waals surface area contributed by atoms with Gasteiger partial charge >= 0.3 is 0 Å². The first-order chi connectivity index (χ1) is 10.3. The van der Waals surface area contributed by atoms with Crippen LogP contribution >= 0.6 is 11.6 Å². The lowest BCUT2D eigenvalue weighted by atomic mass is 9.67. The lowest BCUT2D eigenvalue weighted by Crippen LogP contribution is -2.45. The lowest BCUT2D eigenvalue weighted by molar-refractivity contribution is -0.140. The van der Waals surface area contributed by atoms with Crippen molar-refractivity contribution in [1.29, 1.82) is 0 Å². The molecule has 0 aromatic carbocycles. The minimum absolute atomic E-state index is 0.299. The van der Waals surface area contributed by atoms with Crippen molar-refractivity contribution < 1.29 is 4.79 Å². The molecule has 3 aliphatic rings. The summed E-state index contributed by atoms with van der Waals surface area (Å²) < 4.78 is 0. The molecule has 2 nitrogen and oxygen atoms in total. The monoisotopic (exact) mass is 311 g/mol. The average Bonchev–Trinajstić information content (AvgIpc) is 3.05. The van der Waals surface area contributed by atoms with Gasteiger partial charge in [-0.15, -0.1) is 11.6 Å². The third-order valence-electron chi connectivity index (χ3n) is 6.26. The first-order valence-corrected chi connectivity index (χ1v) is 9.69. The second-order valence-electron chi connectivity index (χ2n) is 7.47. The average molecular weight is 312 g/mol. The largest absolute Gasteiger partial charge is 0.338 e. The summed E-state index contributed by atoms with van der Waals surface area (Å²) in [5.74, 6) is 3.08. The Bertz CT molecular complexity index is 353. The highest BCUT2D eigenvalue weighted by molar-refractivity contribution is 6.18. The van der Waals surface area contributed by atoms with Gasteiger partial charge in [0.1, 0.15) is 0 Å². The highest BCUT2D eigenvalue weighted by Gasteiger charge is 2.38. The van der Waals surface area contributed by atoms with E-state index < -0.39 is 0 Å². The van der Waals surface area contributed by atoms with Gasteiger partial charge in [0.2, 0.25) is 5.91 Å². The Kier molecular flexibility index (Phi) is 5.48. The van der Waals surface area contributed by atoms with E-state index in [-0.39, 0.29) is 0 Å². The third-order valence-corrected chi connectivity index (χ3v) is 6.43. The fourth-order valence-corrected chi connectivity index (χ4v) is 5.29. The van der Waals surface area contributed by atoms with Gasteiger partial charge in [0.25, 0.3) is 0 Å². The molecule has 21 heavy (non-hydrogen) atoms. The molecule has 0 bridgehead atoms. The predicted molar refractivity (Wildman–Crippen MR) is 87.5 cm³/mol. The van der Waals surface area contributed by atoms with Crippen LogP contribution in [0.2, 0.25) is 0 Å². The smallest absolute Gasteiger partial charge is 0.225 e. The molecule has 3 heteroatoms. The van der Waals surface area contributed by atoms with Crippen LogP contribution in [0.5, 0.6) is 0 Å². The van der Waals surface area contributed by atoms with E-state index in [1.807, 2.05) is 0 Å². The van der Waals surface area contributed by atoms with Crippen LogP contribution in [0.15, 0.2) is 0 Å². The van der Waals surface area contributed by atoms with Gasteiger partial charge in [0.15, 0.2) is 0 Å². The van der Waals surface area contributed by atoms with Crippen molar-refractivity contribution in [1.82, 2.24) is 4.90 Å². The summed E-state index contributed by atoms with van der Waals surface area (Å²) in [5.41, 5.74) is 0. The van der Waals surface area contributed by atoms with Crippen molar-refractivity contribution in [2.24, 2.45) is 17.8 Å². The third kappa shape index (κ3) is 3.57. The number of alkyl halides is 1. The van der Waals surface area contributed by atoms with Crippen molar-refractivity contribution in [2.75, 3.05) is 12.4 Å². The molecule has 3 aliphatic carbocycles.